The van der Waals surface area contributed by atoms with Crippen LogP contribution in [0.5, 0.6) is 0 Å². The normalized spacial score (nSPS) is 17.4. The Morgan fingerprint density at radius 3 is 2.56 bits per heavy atom. The minimum Gasteiger partial charge on any atom is -0.372 e. The molecule has 2 N–H and O–H groups in total. The number of hydrogen-bond donors (Lipinski definition) is 1. The molecule has 1 aromatic carbocycles. The molecule has 0 heterocycles. The maximum atomic E-state index is 5.84. The Hall–Kier alpha value is -0.860. The Bertz CT molecular complexity index is 316. The van der Waals surface area contributed by atoms with Crippen molar-refractivity contribution in [1.82, 2.24) is 0 Å². The molecule has 0 saturated heterocycles. The van der Waals surface area contributed by atoms with E-state index in [2.05, 4.69) is 31.2 Å². The predicted octanol–water partition coefficient (Wildman–Crippen LogP) is 2.81. The summed E-state index contributed by atoms with van der Waals surface area (Å²) in [5.74, 6) is 0.927. The molecule has 2 heteroatoms. The summed E-state index contributed by atoms with van der Waals surface area (Å²) in [7, 11) is 0. The van der Waals surface area contributed by atoms with Crippen LogP contribution in [0.3, 0.4) is 0 Å². The van der Waals surface area contributed by atoms with Crippen molar-refractivity contribution in [3.8, 4) is 0 Å². The lowest BCUT2D eigenvalue weighted by Gasteiger charge is -2.16. The van der Waals surface area contributed by atoms with E-state index in [1.807, 2.05) is 0 Å². The average Bonchev–Trinajstić information content (AvgIpc) is 3.10. The summed E-state index contributed by atoms with van der Waals surface area (Å²) in [5, 5.41) is 0. The van der Waals surface area contributed by atoms with E-state index in [9.17, 15) is 0 Å². The molecule has 1 unspecified atom stereocenters. The summed E-state index contributed by atoms with van der Waals surface area (Å²) in [6.45, 7) is 3.50. The van der Waals surface area contributed by atoms with Crippen molar-refractivity contribution >= 4 is 0 Å². The van der Waals surface area contributed by atoms with Gasteiger partial charge in [-0.1, -0.05) is 42.7 Å². The molecular weight excluding hydrogens is 198 g/mol. The molecule has 0 spiro atoms. The molecule has 1 aliphatic carbocycles. The van der Waals surface area contributed by atoms with Gasteiger partial charge in [0.25, 0.3) is 0 Å². The van der Waals surface area contributed by atoms with Crippen molar-refractivity contribution in [3.63, 3.8) is 0 Å². The third kappa shape index (κ3) is 3.32. The van der Waals surface area contributed by atoms with Crippen LogP contribution in [0.1, 0.15) is 36.5 Å². The van der Waals surface area contributed by atoms with Crippen molar-refractivity contribution in [2.45, 2.75) is 32.3 Å². The van der Waals surface area contributed by atoms with Gasteiger partial charge in [-0.3, -0.25) is 0 Å². The van der Waals surface area contributed by atoms with E-state index in [-0.39, 0.29) is 6.10 Å². The molecule has 0 bridgehead atoms. The summed E-state index contributed by atoms with van der Waals surface area (Å²) in [6, 6.07) is 8.46. The Kier molecular flexibility index (Phi) is 3.97. The molecule has 0 amide bonds. The topological polar surface area (TPSA) is 35.2 Å². The number of hydrogen-bond acceptors (Lipinski definition) is 2. The molecule has 2 rings (SSSR count). The fourth-order valence-corrected chi connectivity index (χ4v) is 1.86. The van der Waals surface area contributed by atoms with Crippen molar-refractivity contribution in [1.29, 1.82) is 0 Å². The molecule has 1 aliphatic rings. The van der Waals surface area contributed by atoms with Gasteiger partial charge < -0.3 is 10.5 Å². The van der Waals surface area contributed by atoms with Crippen LogP contribution in [0.2, 0.25) is 0 Å². The molecule has 1 saturated carbocycles. The van der Waals surface area contributed by atoms with E-state index in [1.54, 1.807) is 0 Å². The summed E-state index contributed by atoms with van der Waals surface area (Å²) in [4.78, 5) is 0. The summed E-state index contributed by atoms with van der Waals surface area (Å²) < 4.78 is 5.84. The number of aryl methyl sites for hydroxylation is 1. The second kappa shape index (κ2) is 5.46. The first-order valence-electron chi connectivity index (χ1n) is 6.18. The lowest BCUT2D eigenvalue weighted by molar-refractivity contribution is 0.0545. The van der Waals surface area contributed by atoms with Crippen LogP contribution in [-0.2, 0) is 4.74 Å². The Balaban J connectivity index is 1.84. The Morgan fingerprint density at radius 1 is 1.31 bits per heavy atom. The molecule has 88 valence electrons. The Labute approximate surface area is 97.8 Å². The van der Waals surface area contributed by atoms with Crippen molar-refractivity contribution in [3.05, 3.63) is 35.4 Å². The molecule has 2 nitrogen and oxygen atoms in total. The van der Waals surface area contributed by atoms with Crippen LogP contribution in [0.4, 0.5) is 0 Å². The first-order valence-corrected chi connectivity index (χ1v) is 6.18. The van der Waals surface area contributed by atoms with Crippen molar-refractivity contribution in [2.75, 3.05) is 13.2 Å². The average molecular weight is 219 g/mol. The van der Waals surface area contributed by atoms with Gasteiger partial charge in [-0.05, 0) is 24.8 Å². The lowest BCUT2D eigenvalue weighted by atomic mass is 10.1. The van der Waals surface area contributed by atoms with Gasteiger partial charge in [0.15, 0.2) is 0 Å². The van der Waals surface area contributed by atoms with Crippen LogP contribution in [0, 0.1) is 12.8 Å². The van der Waals surface area contributed by atoms with Crippen LogP contribution < -0.4 is 5.73 Å². The predicted molar refractivity (Wildman–Crippen MR) is 66.3 cm³/mol. The molecule has 16 heavy (non-hydrogen) atoms. The molecule has 1 aromatic rings. The highest BCUT2D eigenvalue weighted by atomic mass is 16.5. The number of nitrogens with two attached hydrogens (primary N) is 1. The van der Waals surface area contributed by atoms with Gasteiger partial charge in [0, 0.05) is 13.2 Å². The highest BCUT2D eigenvalue weighted by molar-refractivity contribution is 5.23. The van der Waals surface area contributed by atoms with Gasteiger partial charge in [-0.15, -0.1) is 0 Å². The summed E-state index contributed by atoms with van der Waals surface area (Å²) in [6.07, 6.45) is 4.05. The second-order valence-corrected chi connectivity index (χ2v) is 4.74. The van der Waals surface area contributed by atoms with E-state index in [1.165, 1.54) is 30.4 Å². The zero-order valence-electron chi connectivity index (χ0n) is 9.99. The summed E-state index contributed by atoms with van der Waals surface area (Å²) in [5.41, 5.74) is 8.22. The monoisotopic (exact) mass is 219 g/mol. The van der Waals surface area contributed by atoms with Crippen LogP contribution in [0.25, 0.3) is 0 Å². The van der Waals surface area contributed by atoms with Gasteiger partial charge in [-0.2, -0.15) is 0 Å². The fraction of sp³-hybridized carbons (Fsp3) is 0.571. The van der Waals surface area contributed by atoms with E-state index in [0.29, 0.717) is 6.54 Å². The van der Waals surface area contributed by atoms with E-state index < -0.39 is 0 Å². The SMILES string of the molecule is Cc1ccc(C(CN)OCCC2CC2)cc1. The largest absolute Gasteiger partial charge is 0.372 e. The Morgan fingerprint density at radius 2 is 2.00 bits per heavy atom. The number of rotatable bonds is 6. The van der Waals surface area contributed by atoms with Gasteiger partial charge in [-0.25, -0.2) is 0 Å². The molecule has 1 fully saturated rings. The van der Waals surface area contributed by atoms with Gasteiger partial charge in [0.2, 0.25) is 0 Å². The zero-order chi connectivity index (χ0) is 11.4. The molecular formula is C14H21NO. The molecule has 0 radical (unpaired) electrons. The van der Waals surface area contributed by atoms with Crippen LogP contribution in [0.15, 0.2) is 24.3 Å². The third-order valence-corrected chi connectivity index (χ3v) is 3.21. The highest BCUT2D eigenvalue weighted by Crippen LogP contribution is 2.32. The van der Waals surface area contributed by atoms with Gasteiger partial charge in [0.1, 0.15) is 0 Å². The number of benzene rings is 1. The molecule has 0 aromatic heterocycles. The highest BCUT2D eigenvalue weighted by Gasteiger charge is 2.21. The standard InChI is InChI=1S/C14H21NO/c1-11-2-6-13(7-3-11)14(10-15)16-9-8-12-4-5-12/h2-3,6-7,12,14H,4-5,8-10,15H2,1H3. The van der Waals surface area contributed by atoms with Gasteiger partial charge >= 0.3 is 0 Å². The smallest absolute Gasteiger partial charge is 0.0947 e. The first kappa shape index (κ1) is 11.6. The van der Waals surface area contributed by atoms with E-state index in [4.69, 9.17) is 10.5 Å². The minimum absolute atomic E-state index is 0.0688. The molecule has 1 atom stereocenters. The maximum Gasteiger partial charge on any atom is 0.0947 e. The maximum absolute atomic E-state index is 5.84. The lowest BCUT2D eigenvalue weighted by Crippen LogP contribution is -2.16. The minimum atomic E-state index is 0.0688. The first-order chi connectivity index (χ1) is 7.79. The van der Waals surface area contributed by atoms with E-state index in [0.717, 1.165) is 12.5 Å². The molecule has 0 aliphatic heterocycles. The third-order valence-electron chi connectivity index (χ3n) is 3.21. The van der Waals surface area contributed by atoms with Crippen molar-refractivity contribution < 1.29 is 4.74 Å². The second-order valence-electron chi connectivity index (χ2n) is 4.74. The fourth-order valence-electron chi connectivity index (χ4n) is 1.86. The number of ether oxygens (including phenoxy) is 1. The van der Waals surface area contributed by atoms with Crippen molar-refractivity contribution in [2.24, 2.45) is 11.7 Å². The zero-order valence-corrected chi connectivity index (χ0v) is 9.99. The quantitative estimate of drug-likeness (QED) is 0.798. The van der Waals surface area contributed by atoms with Crippen LogP contribution >= 0.6 is 0 Å². The van der Waals surface area contributed by atoms with Gasteiger partial charge in [0.05, 0.1) is 6.10 Å². The van der Waals surface area contributed by atoms with Crippen LogP contribution in [-0.4, -0.2) is 13.2 Å². The summed E-state index contributed by atoms with van der Waals surface area (Å²) >= 11 is 0. The van der Waals surface area contributed by atoms with E-state index >= 15 is 0 Å².